The van der Waals surface area contributed by atoms with E-state index in [1.807, 2.05) is 0 Å². The summed E-state index contributed by atoms with van der Waals surface area (Å²) < 4.78 is 0. The molecule has 4 fully saturated rings. The number of Topliss-reactive ketones (excluding diaryl/α,β-unsaturated/α-hetero) is 1. The summed E-state index contributed by atoms with van der Waals surface area (Å²) in [5, 5.41) is 0. The number of aldehydes is 1. The molecule has 5 aliphatic carbocycles. The van der Waals surface area contributed by atoms with Gasteiger partial charge in [0.15, 0.2) is 0 Å². The molecular weight excluding hydrogens is 392 g/mol. The predicted molar refractivity (Wildman–Crippen MR) is 130 cm³/mol. The fraction of sp³-hybridized carbons (Fsp3) is 0.867. The number of allylic oxidation sites excluding steroid dienone is 2. The maximum Gasteiger partial charge on any atom is 0.138 e. The molecule has 2 nitrogen and oxygen atoms in total. The van der Waals surface area contributed by atoms with E-state index in [-0.39, 0.29) is 27.1 Å². The Balaban J connectivity index is 1.61. The van der Waals surface area contributed by atoms with Crippen molar-refractivity contribution >= 4 is 12.1 Å². The molecule has 32 heavy (non-hydrogen) atoms. The number of hydrogen-bond acceptors (Lipinski definition) is 2. The van der Waals surface area contributed by atoms with Crippen molar-refractivity contribution in [2.75, 3.05) is 0 Å². The molecule has 0 heterocycles. The highest BCUT2D eigenvalue weighted by molar-refractivity contribution is 5.85. The van der Waals surface area contributed by atoms with Crippen molar-refractivity contribution < 1.29 is 9.59 Å². The molecule has 0 aliphatic heterocycles. The van der Waals surface area contributed by atoms with Gasteiger partial charge < -0.3 is 4.79 Å². The van der Waals surface area contributed by atoms with Gasteiger partial charge in [0.1, 0.15) is 12.1 Å². The zero-order chi connectivity index (χ0) is 23.3. The molecule has 178 valence electrons. The molecule has 0 aromatic carbocycles. The number of carbonyl (C=O) groups is 2. The molecule has 2 heteroatoms. The average molecular weight is 439 g/mol. The van der Waals surface area contributed by atoms with E-state index < -0.39 is 0 Å². The summed E-state index contributed by atoms with van der Waals surface area (Å²) in [6.07, 6.45) is 13.9. The maximum absolute atomic E-state index is 12.9. The molecule has 9 atom stereocenters. The van der Waals surface area contributed by atoms with E-state index in [0.717, 1.165) is 38.5 Å². The lowest BCUT2D eigenvalue weighted by molar-refractivity contribution is -0.185. The highest BCUT2D eigenvalue weighted by Crippen LogP contribution is 2.75. The van der Waals surface area contributed by atoms with Gasteiger partial charge in [0.05, 0.1) is 0 Å². The van der Waals surface area contributed by atoms with Crippen LogP contribution in [0.15, 0.2) is 11.6 Å². The third-order valence-corrected chi connectivity index (χ3v) is 13.0. The second-order valence-corrected chi connectivity index (χ2v) is 14.1. The van der Waals surface area contributed by atoms with Crippen molar-refractivity contribution in [3.05, 3.63) is 11.6 Å². The topological polar surface area (TPSA) is 34.1 Å². The van der Waals surface area contributed by atoms with Crippen molar-refractivity contribution in [2.24, 2.45) is 56.7 Å². The van der Waals surface area contributed by atoms with Crippen LogP contribution in [0.1, 0.15) is 106 Å². The molecule has 4 saturated carbocycles. The van der Waals surface area contributed by atoms with E-state index in [0.29, 0.717) is 35.4 Å². The molecule has 0 aromatic heterocycles. The van der Waals surface area contributed by atoms with Crippen LogP contribution in [0.3, 0.4) is 0 Å². The molecule has 2 unspecified atom stereocenters. The first-order valence-electron chi connectivity index (χ1n) is 13.6. The van der Waals surface area contributed by atoms with Crippen LogP contribution in [-0.4, -0.2) is 12.1 Å². The maximum atomic E-state index is 12.9. The summed E-state index contributed by atoms with van der Waals surface area (Å²) in [5.41, 5.74) is 2.01. The molecule has 0 spiro atoms. The van der Waals surface area contributed by atoms with Crippen LogP contribution in [0.5, 0.6) is 0 Å². The smallest absolute Gasteiger partial charge is 0.138 e. The molecular formula is C30H46O2. The van der Waals surface area contributed by atoms with Crippen LogP contribution in [0.25, 0.3) is 0 Å². The first-order valence-corrected chi connectivity index (χ1v) is 13.6. The fourth-order valence-electron chi connectivity index (χ4n) is 10.6. The Morgan fingerprint density at radius 2 is 1.62 bits per heavy atom. The Bertz CT molecular complexity index is 868. The second kappa shape index (κ2) is 6.82. The number of ketones is 1. The quantitative estimate of drug-likeness (QED) is 0.315. The molecule has 0 bridgehead atoms. The second-order valence-electron chi connectivity index (χ2n) is 14.1. The Morgan fingerprint density at radius 1 is 0.906 bits per heavy atom. The monoisotopic (exact) mass is 438 g/mol. The lowest BCUT2D eigenvalue weighted by atomic mass is 9.33. The minimum atomic E-state index is -0.189. The summed E-state index contributed by atoms with van der Waals surface area (Å²) in [6.45, 7) is 17.0. The fourth-order valence-corrected chi connectivity index (χ4v) is 10.6. The van der Waals surface area contributed by atoms with Gasteiger partial charge in [-0.15, -0.1) is 0 Å². The molecule has 0 aromatic rings. The van der Waals surface area contributed by atoms with E-state index in [2.05, 4.69) is 54.5 Å². The number of hydrogen-bond donors (Lipinski definition) is 0. The number of fused-ring (bicyclic) bond motifs is 7. The van der Waals surface area contributed by atoms with Gasteiger partial charge in [-0.05, 0) is 97.2 Å². The van der Waals surface area contributed by atoms with Gasteiger partial charge >= 0.3 is 0 Å². The highest BCUT2D eigenvalue weighted by atomic mass is 16.1. The lowest BCUT2D eigenvalue weighted by Crippen LogP contribution is -2.64. The van der Waals surface area contributed by atoms with Crippen LogP contribution in [0.4, 0.5) is 0 Å². The van der Waals surface area contributed by atoms with Crippen LogP contribution in [0, 0.1) is 56.7 Å². The highest BCUT2D eigenvalue weighted by Gasteiger charge is 2.68. The van der Waals surface area contributed by atoms with Gasteiger partial charge in [0.2, 0.25) is 0 Å². The minimum absolute atomic E-state index is 0.124. The first kappa shape index (κ1) is 22.9. The molecule has 0 saturated heterocycles. The molecule has 0 N–H and O–H groups in total. The Morgan fingerprint density at radius 3 is 2.31 bits per heavy atom. The molecule has 5 aliphatic rings. The molecule has 0 amide bonds. The van der Waals surface area contributed by atoms with Gasteiger partial charge in [-0.1, -0.05) is 60.1 Å². The standard InChI is InChI=1S/C30H46O2/c1-19-10-15-30(18-31)17-16-28(6)21(25(30)20(19)2)8-9-23-27(5)13-12-24(32)26(3,4)22(27)11-14-29(23,28)7/h8,18-20,22-23,25H,9-17H2,1-7H3/t19-,20+,22+,23-,25?,27+,28-,29-,30?/m1/s1. The van der Waals surface area contributed by atoms with Gasteiger partial charge in [0.25, 0.3) is 0 Å². The van der Waals surface area contributed by atoms with E-state index in [1.54, 1.807) is 5.57 Å². The third kappa shape index (κ3) is 2.54. The van der Waals surface area contributed by atoms with Crippen molar-refractivity contribution in [2.45, 2.75) is 106 Å². The van der Waals surface area contributed by atoms with Gasteiger partial charge in [0, 0.05) is 17.3 Å². The lowest BCUT2D eigenvalue weighted by Gasteiger charge is -2.70. The van der Waals surface area contributed by atoms with Gasteiger partial charge in [-0.3, -0.25) is 4.79 Å². The zero-order valence-electron chi connectivity index (χ0n) is 21.7. The summed E-state index contributed by atoms with van der Waals surface area (Å²) in [7, 11) is 0. The minimum Gasteiger partial charge on any atom is -0.303 e. The van der Waals surface area contributed by atoms with Crippen LogP contribution < -0.4 is 0 Å². The Labute approximate surface area is 196 Å². The Hall–Kier alpha value is -0.920. The van der Waals surface area contributed by atoms with Gasteiger partial charge in [-0.25, -0.2) is 0 Å². The summed E-state index contributed by atoms with van der Waals surface area (Å²) in [6, 6.07) is 0. The first-order chi connectivity index (χ1) is 14.9. The van der Waals surface area contributed by atoms with Crippen molar-refractivity contribution in [3.63, 3.8) is 0 Å². The van der Waals surface area contributed by atoms with E-state index in [4.69, 9.17) is 0 Å². The van der Waals surface area contributed by atoms with E-state index in [9.17, 15) is 9.59 Å². The summed E-state index contributed by atoms with van der Waals surface area (Å²) in [4.78, 5) is 25.5. The van der Waals surface area contributed by atoms with Crippen molar-refractivity contribution in [3.8, 4) is 0 Å². The predicted octanol–water partition coefficient (Wildman–Crippen LogP) is 7.41. The number of carbonyl (C=O) groups excluding carboxylic acids is 2. The van der Waals surface area contributed by atoms with Crippen LogP contribution >= 0.6 is 0 Å². The number of rotatable bonds is 1. The van der Waals surface area contributed by atoms with Crippen molar-refractivity contribution in [1.29, 1.82) is 0 Å². The molecule has 0 radical (unpaired) electrons. The largest absolute Gasteiger partial charge is 0.303 e. The van der Waals surface area contributed by atoms with Gasteiger partial charge in [-0.2, -0.15) is 0 Å². The normalized spacial score (nSPS) is 54.4. The zero-order valence-corrected chi connectivity index (χ0v) is 21.7. The van der Waals surface area contributed by atoms with Crippen LogP contribution in [-0.2, 0) is 9.59 Å². The molecule has 5 rings (SSSR count). The third-order valence-electron chi connectivity index (χ3n) is 13.0. The van der Waals surface area contributed by atoms with Crippen molar-refractivity contribution in [1.82, 2.24) is 0 Å². The SMILES string of the molecule is C[C@@H]1CCC2(C=O)CC[C@]3(C)C(=CC[C@@H]4[C@@]5(C)CCC(=O)C(C)(C)[C@@H]5CC[C@]43C)C2[C@H]1C. The van der Waals surface area contributed by atoms with E-state index in [1.165, 1.54) is 25.5 Å². The average Bonchev–Trinajstić information content (AvgIpc) is 2.74. The van der Waals surface area contributed by atoms with Crippen LogP contribution in [0.2, 0.25) is 0 Å². The summed E-state index contributed by atoms with van der Waals surface area (Å²) >= 11 is 0. The summed E-state index contributed by atoms with van der Waals surface area (Å²) in [5.74, 6) is 3.32. The Kier molecular flexibility index (Phi) is 4.87. The van der Waals surface area contributed by atoms with E-state index >= 15 is 0 Å².